The largest absolute Gasteiger partial charge is 0.390 e. The molecule has 4 rings (SSSR count). The minimum Gasteiger partial charge on any atom is -0.390 e. The predicted molar refractivity (Wildman–Crippen MR) is 163 cm³/mol. The summed E-state index contributed by atoms with van der Waals surface area (Å²) in [5.41, 5.74) is -2.09. The van der Waals surface area contributed by atoms with Crippen LogP contribution in [-0.2, 0) is 16.8 Å². The van der Waals surface area contributed by atoms with Crippen molar-refractivity contribution in [1.82, 2.24) is 20.0 Å². The Hall–Kier alpha value is -3.07. The van der Waals surface area contributed by atoms with Crippen LogP contribution in [0.2, 0.25) is 10.0 Å². The Balaban J connectivity index is 1.82. The summed E-state index contributed by atoms with van der Waals surface area (Å²) in [5, 5.41) is 31.6. The number of hydrogen-bond acceptors (Lipinski definition) is 6. The van der Waals surface area contributed by atoms with Crippen LogP contribution in [0, 0.1) is 28.4 Å². The van der Waals surface area contributed by atoms with E-state index in [1.165, 1.54) is 35.0 Å². The first-order valence-electron chi connectivity index (χ1n) is 13.9. The maximum Gasteiger partial charge on any atom is 0.243 e. The smallest absolute Gasteiger partial charge is 0.243 e. The van der Waals surface area contributed by atoms with Gasteiger partial charge in [-0.1, -0.05) is 62.2 Å². The van der Waals surface area contributed by atoms with Crippen LogP contribution in [-0.4, -0.2) is 64.5 Å². The summed E-state index contributed by atoms with van der Waals surface area (Å²) in [6, 6.07) is 10.3. The molecule has 1 amide bonds. The minimum absolute atomic E-state index is 0.0000156. The molecule has 1 aromatic heterocycles. The SMILES string of the molecule is CN(C)C[C@H](O)Cn1ccc(NC(=O)[C@@H]2N[C@@H](CC(C)(C)C)[C@](C#N)(c3ccc(Cl)cc3F)[C@H]2c2cccc(Cl)c2F)n1. The first-order valence-corrected chi connectivity index (χ1v) is 14.7. The highest BCUT2D eigenvalue weighted by atomic mass is 35.5. The molecule has 1 aliphatic heterocycles. The number of aliphatic hydroxyl groups is 1. The van der Waals surface area contributed by atoms with Crippen LogP contribution in [0.4, 0.5) is 14.6 Å². The molecule has 1 aliphatic rings. The van der Waals surface area contributed by atoms with E-state index in [0.29, 0.717) is 13.0 Å². The molecule has 12 heteroatoms. The summed E-state index contributed by atoms with van der Waals surface area (Å²) in [6.07, 6.45) is 1.29. The van der Waals surface area contributed by atoms with Crippen LogP contribution in [0.3, 0.4) is 0 Å². The number of anilines is 1. The molecule has 0 unspecified atom stereocenters. The predicted octanol–water partition coefficient (Wildman–Crippen LogP) is 5.35. The van der Waals surface area contributed by atoms with Gasteiger partial charge in [0.2, 0.25) is 5.91 Å². The number of benzene rings is 2. The molecular weight excluding hydrogens is 597 g/mol. The highest BCUT2D eigenvalue weighted by Crippen LogP contribution is 2.52. The fourth-order valence-electron chi connectivity index (χ4n) is 5.99. The van der Waals surface area contributed by atoms with Crippen molar-refractivity contribution in [3.63, 3.8) is 0 Å². The van der Waals surface area contributed by atoms with Crippen LogP contribution in [0.25, 0.3) is 0 Å². The van der Waals surface area contributed by atoms with Gasteiger partial charge in [0.15, 0.2) is 5.82 Å². The zero-order chi connectivity index (χ0) is 31.7. The second-order valence-electron chi connectivity index (χ2n) is 12.5. The summed E-state index contributed by atoms with van der Waals surface area (Å²) in [5.74, 6) is -3.11. The van der Waals surface area contributed by atoms with Gasteiger partial charge in [-0.15, -0.1) is 0 Å². The molecule has 0 bridgehead atoms. The third kappa shape index (κ3) is 7.03. The number of nitriles is 1. The number of amides is 1. The van der Waals surface area contributed by atoms with Gasteiger partial charge < -0.3 is 20.6 Å². The van der Waals surface area contributed by atoms with E-state index in [1.807, 2.05) is 39.8 Å². The van der Waals surface area contributed by atoms with Gasteiger partial charge in [-0.2, -0.15) is 10.4 Å². The number of halogens is 4. The van der Waals surface area contributed by atoms with Gasteiger partial charge in [0.05, 0.1) is 29.8 Å². The fourth-order valence-corrected chi connectivity index (χ4v) is 6.33. The molecule has 0 spiro atoms. The van der Waals surface area contributed by atoms with Gasteiger partial charge in [0, 0.05) is 41.4 Å². The lowest BCUT2D eigenvalue weighted by Crippen LogP contribution is -2.45. The van der Waals surface area contributed by atoms with Gasteiger partial charge in [0.25, 0.3) is 0 Å². The van der Waals surface area contributed by atoms with Gasteiger partial charge in [-0.3, -0.25) is 9.48 Å². The summed E-state index contributed by atoms with van der Waals surface area (Å²) in [4.78, 5) is 15.8. The fraction of sp³-hybridized carbons (Fsp3) is 0.452. The van der Waals surface area contributed by atoms with Crippen LogP contribution in [0.15, 0.2) is 48.7 Å². The van der Waals surface area contributed by atoms with E-state index in [1.54, 1.807) is 12.3 Å². The third-order valence-electron chi connectivity index (χ3n) is 7.60. The lowest BCUT2D eigenvalue weighted by Gasteiger charge is -2.37. The highest BCUT2D eigenvalue weighted by Gasteiger charge is 2.61. The molecule has 43 heavy (non-hydrogen) atoms. The molecule has 0 saturated carbocycles. The molecule has 1 fully saturated rings. The number of aromatic nitrogens is 2. The first kappa shape index (κ1) is 32.8. The van der Waals surface area contributed by atoms with Crippen LogP contribution in [0.5, 0.6) is 0 Å². The quantitative estimate of drug-likeness (QED) is 0.294. The lowest BCUT2D eigenvalue weighted by molar-refractivity contribution is -0.118. The van der Waals surface area contributed by atoms with Gasteiger partial charge in [-0.05, 0) is 49.7 Å². The third-order valence-corrected chi connectivity index (χ3v) is 8.12. The van der Waals surface area contributed by atoms with Crippen LogP contribution < -0.4 is 10.6 Å². The lowest BCUT2D eigenvalue weighted by atomic mass is 9.62. The Morgan fingerprint density at radius 1 is 1.26 bits per heavy atom. The molecule has 0 radical (unpaired) electrons. The molecule has 3 N–H and O–H groups in total. The topological polar surface area (TPSA) is 106 Å². The van der Waals surface area contributed by atoms with Gasteiger partial charge >= 0.3 is 0 Å². The number of carbonyl (C=O) groups excluding carboxylic acids is 1. The molecule has 5 atom stereocenters. The van der Waals surface area contributed by atoms with Gasteiger partial charge in [0.1, 0.15) is 17.0 Å². The van der Waals surface area contributed by atoms with Gasteiger partial charge in [-0.25, -0.2) is 8.78 Å². The van der Waals surface area contributed by atoms with Crippen molar-refractivity contribution in [1.29, 1.82) is 5.26 Å². The second-order valence-corrected chi connectivity index (χ2v) is 13.4. The first-order chi connectivity index (χ1) is 20.2. The minimum atomic E-state index is -1.73. The molecule has 2 heterocycles. The van der Waals surface area contributed by atoms with E-state index in [4.69, 9.17) is 23.2 Å². The Labute approximate surface area is 260 Å². The summed E-state index contributed by atoms with van der Waals surface area (Å²) >= 11 is 12.3. The number of nitrogens with one attached hydrogen (secondary N) is 2. The van der Waals surface area contributed by atoms with Crippen molar-refractivity contribution < 1.29 is 18.7 Å². The number of nitrogens with zero attached hydrogens (tertiary/aromatic N) is 4. The Morgan fingerprint density at radius 3 is 2.60 bits per heavy atom. The molecule has 8 nitrogen and oxygen atoms in total. The zero-order valence-electron chi connectivity index (χ0n) is 24.7. The van der Waals surface area contributed by atoms with Crippen molar-refractivity contribution in [3.05, 3.63) is 81.5 Å². The molecule has 0 aliphatic carbocycles. The number of rotatable bonds is 9. The number of hydrogen-bond donors (Lipinski definition) is 3. The van der Waals surface area contributed by atoms with Crippen molar-refractivity contribution in [2.24, 2.45) is 5.41 Å². The molecule has 2 aromatic carbocycles. The average Bonchev–Trinajstić information content (AvgIpc) is 3.46. The van der Waals surface area contributed by atoms with E-state index in [0.717, 1.165) is 6.07 Å². The number of carbonyl (C=O) groups is 1. The summed E-state index contributed by atoms with van der Waals surface area (Å²) in [7, 11) is 3.69. The Bertz CT molecular complexity index is 1520. The van der Waals surface area contributed by atoms with E-state index in [9.17, 15) is 15.2 Å². The standard InChI is InChI=1S/C31H36Cl2F2N6O2/c1-30(2,3)14-24-31(17-36,21-10-9-18(32)13-23(21)34)26(20-7-6-8-22(33)27(20)35)28(37-24)29(43)38-25-11-12-41(39-25)16-19(42)15-40(4)5/h6-13,19,24,26,28,37,42H,14-16H2,1-5H3,(H,38,39,43)/t19-,24-,26-,28+,31-/m0/s1. The summed E-state index contributed by atoms with van der Waals surface area (Å²) < 4.78 is 33.1. The van der Waals surface area contributed by atoms with Crippen molar-refractivity contribution >= 4 is 34.9 Å². The average molecular weight is 634 g/mol. The number of aliphatic hydroxyl groups excluding tert-OH is 1. The molecule has 3 aromatic rings. The molecule has 1 saturated heterocycles. The van der Waals surface area contributed by atoms with Crippen molar-refractivity contribution in [2.45, 2.75) is 63.3 Å². The second kappa shape index (κ2) is 12.9. The molecule has 230 valence electrons. The van der Waals surface area contributed by atoms with E-state index < -0.39 is 47.1 Å². The Morgan fingerprint density at radius 2 is 1.98 bits per heavy atom. The number of likely N-dealkylation sites (N-methyl/N-ethyl adjacent to an activating group) is 1. The highest BCUT2D eigenvalue weighted by molar-refractivity contribution is 6.31. The normalized spacial score (nSPS) is 22.9. The maximum atomic E-state index is 15.8. The van der Waals surface area contributed by atoms with Crippen molar-refractivity contribution in [3.8, 4) is 6.07 Å². The maximum absolute atomic E-state index is 15.8. The monoisotopic (exact) mass is 632 g/mol. The Kier molecular flexibility index (Phi) is 9.84. The molecular formula is C31H36Cl2F2N6O2. The zero-order valence-corrected chi connectivity index (χ0v) is 26.2. The van der Waals surface area contributed by atoms with E-state index in [-0.39, 0.29) is 38.9 Å². The van der Waals surface area contributed by atoms with Crippen LogP contribution in [0.1, 0.15) is 44.2 Å². The van der Waals surface area contributed by atoms with Crippen molar-refractivity contribution in [2.75, 3.05) is 26.0 Å². The van der Waals surface area contributed by atoms with Crippen LogP contribution >= 0.6 is 23.2 Å². The van der Waals surface area contributed by atoms with E-state index >= 15 is 8.78 Å². The summed E-state index contributed by atoms with van der Waals surface area (Å²) in [6.45, 7) is 6.53. The van der Waals surface area contributed by atoms with E-state index in [2.05, 4.69) is 21.8 Å².